The van der Waals surface area contributed by atoms with E-state index in [0.29, 0.717) is 12.4 Å². The lowest BCUT2D eigenvalue weighted by Crippen LogP contribution is -2.09. The molecule has 0 amide bonds. The van der Waals surface area contributed by atoms with Gasteiger partial charge in [-0.3, -0.25) is 4.68 Å². The van der Waals surface area contributed by atoms with Gasteiger partial charge in [0, 0.05) is 29.4 Å². The Morgan fingerprint density at radius 2 is 1.90 bits per heavy atom. The smallest absolute Gasteiger partial charge is 0.152 e. The van der Waals surface area contributed by atoms with Gasteiger partial charge in [0.15, 0.2) is 5.82 Å². The highest BCUT2D eigenvalue weighted by molar-refractivity contribution is 6.09. The molecular weight excluding hydrogens is 309 g/mol. The van der Waals surface area contributed by atoms with Crippen molar-refractivity contribution in [2.75, 3.05) is 12.3 Å². The Kier molecular flexibility index (Phi) is 5.78. The normalized spacial score (nSPS) is 10.4. The molecule has 3 aromatic rings. The number of para-hydroxylation sites is 1. The van der Waals surface area contributed by atoms with E-state index < -0.39 is 0 Å². The fourth-order valence-corrected chi connectivity index (χ4v) is 2.58. The number of aromatic nitrogens is 3. The van der Waals surface area contributed by atoms with E-state index in [1.54, 1.807) is 0 Å². The maximum Gasteiger partial charge on any atom is 0.152 e. The van der Waals surface area contributed by atoms with E-state index in [4.69, 9.17) is 11.5 Å². The van der Waals surface area contributed by atoms with Crippen molar-refractivity contribution in [1.29, 1.82) is 0 Å². The fraction of sp³-hybridized carbons (Fsp3) is 0.286. The predicted molar refractivity (Wildman–Crippen MR) is 92.4 cm³/mol. The van der Waals surface area contributed by atoms with Crippen molar-refractivity contribution in [1.82, 2.24) is 14.8 Å². The van der Waals surface area contributed by atoms with Gasteiger partial charge in [0.1, 0.15) is 5.52 Å². The number of hydrogen-bond acceptors (Lipinski definition) is 4. The quantitative estimate of drug-likeness (QED) is 0.774. The second kappa shape index (κ2) is 6.93. The summed E-state index contributed by atoms with van der Waals surface area (Å²) in [5, 5.41) is 6.76. The van der Waals surface area contributed by atoms with Crippen LogP contribution in [0.4, 0.5) is 5.82 Å². The zero-order valence-corrected chi connectivity index (χ0v) is 13.4. The van der Waals surface area contributed by atoms with E-state index in [1.165, 1.54) is 0 Å². The number of fused-ring (bicyclic) bond motifs is 3. The van der Waals surface area contributed by atoms with Crippen molar-refractivity contribution in [3.63, 3.8) is 0 Å². The summed E-state index contributed by atoms with van der Waals surface area (Å²) in [6, 6.07) is 8.01. The summed E-state index contributed by atoms with van der Waals surface area (Å²) >= 11 is 0. The van der Waals surface area contributed by atoms with Gasteiger partial charge in [-0.15, -0.1) is 24.8 Å². The molecule has 0 aliphatic heterocycles. The molecule has 0 saturated carbocycles. The molecule has 0 saturated heterocycles. The third kappa shape index (κ3) is 2.77. The zero-order chi connectivity index (χ0) is 13.4. The SMILES string of the molecule is CCn1nc2c(N)nc3ccccc3c2c1CCN.Cl.Cl. The number of aryl methyl sites for hydroxylation is 1. The van der Waals surface area contributed by atoms with Gasteiger partial charge in [-0.05, 0) is 19.5 Å². The van der Waals surface area contributed by atoms with Crippen LogP contribution < -0.4 is 11.5 Å². The number of nitrogens with zero attached hydrogens (tertiary/aromatic N) is 3. The predicted octanol–water partition coefficient (Wildman–Crippen LogP) is 2.53. The number of nitrogens with two attached hydrogens (primary N) is 2. The number of halogens is 2. The first kappa shape index (κ1) is 17.5. The molecule has 0 spiro atoms. The highest BCUT2D eigenvalue weighted by atomic mass is 35.5. The topological polar surface area (TPSA) is 82.8 Å². The molecule has 3 rings (SSSR count). The summed E-state index contributed by atoms with van der Waals surface area (Å²) in [6.07, 6.45) is 0.789. The van der Waals surface area contributed by atoms with Gasteiger partial charge in [-0.1, -0.05) is 18.2 Å². The fourth-order valence-electron chi connectivity index (χ4n) is 2.58. The van der Waals surface area contributed by atoms with Crippen LogP contribution in [0.2, 0.25) is 0 Å². The lowest BCUT2D eigenvalue weighted by molar-refractivity contribution is 0.628. The first-order valence-electron chi connectivity index (χ1n) is 6.50. The molecule has 2 heterocycles. The number of anilines is 1. The lowest BCUT2D eigenvalue weighted by atomic mass is 10.1. The summed E-state index contributed by atoms with van der Waals surface area (Å²) in [4.78, 5) is 4.42. The van der Waals surface area contributed by atoms with Crippen LogP contribution in [0.5, 0.6) is 0 Å². The standard InChI is InChI=1S/C14H17N5.2ClH/c1-2-19-11(7-8-15)12-9-5-3-4-6-10(9)17-14(16)13(12)18-19;;/h3-6H,2,7-8,15H2,1H3,(H2,16,17);2*1H. The Bertz CT molecular complexity index is 754. The average Bonchev–Trinajstić information content (AvgIpc) is 2.79. The minimum atomic E-state index is 0. The van der Waals surface area contributed by atoms with Crippen LogP contribution in [0.3, 0.4) is 0 Å². The Morgan fingerprint density at radius 3 is 2.57 bits per heavy atom. The van der Waals surface area contributed by atoms with Gasteiger partial charge in [-0.25, -0.2) is 4.98 Å². The molecule has 1 aromatic carbocycles. The van der Waals surface area contributed by atoms with E-state index in [0.717, 1.165) is 40.5 Å². The maximum absolute atomic E-state index is 6.04. The van der Waals surface area contributed by atoms with Crippen molar-refractivity contribution in [3.05, 3.63) is 30.0 Å². The van der Waals surface area contributed by atoms with Gasteiger partial charge in [0.2, 0.25) is 0 Å². The molecule has 4 N–H and O–H groups in total. The molecule has 0 bridgehead atoms. The first-order valence-corrected chi connectivity index (χ1v) is 6.50. The molecular formula is C14H19Cl2N5. The largest absolute Gasteiger partial charge is 0.382 e. The summed E-state index contributed by atoms with van der Waals surface area (Å²) in [7, 11) is 0. The summed E-state index contributed by atoms with van der Waals surface area (Å²) in [6.45, 7) is 3.47. The molecule has 0 unspecified atom stereocenters. The number of rotatable bonds is 3. The van der Waals surface area contributed by atoms with Crippen LogP contribution >= 0.6 is 24.8 Å². The Hall–Kier alpha value is -1.56. The minimum Gasteiger partial charge on any atom is -0.382 e. The van der Waals surface area contributed by atoms with Crippen LogP contribution in [0.25, 0.3) is 21.8 Å². The molecule has 21 heavy (non-hydrogen) atoms. The van der Waals surface area contributed by atoms with Gasteiger partial charge in [0.05, 0.1) is 5.52 Å². The van der Waals surface area contributed by atoms with E-state index >= 15 is 0 Å². The number of nitrogen functional groups attached to an aromatic ring is 1. The molecule has 7 heteroatoms. The van der Waals surface area contributed by atoms with Crippen molar-refractivity contribution in [2.24, 2.45) is 5.73 Å². The van der Waals surface area contributed by atoms with Crippen LogP contribution in [-0.4, -0.2) is 21.3 Å². The van der Waals surface area contributed by atoms with Gasteiger partial charge in [0.25, 0.3) is 0 Å². The van der Waals surface area contributed by atoms with Crippen LogP contribution in [0.15, 0.2) is 24.3 Å². The van der Waals surface area contributed by atoms with E-state index in [9.17, 15) is 0 Å². The monoisotopic (exact) mass is 327 g/mol. The Morgan fingerprint density at radius 1 is 1.19 bits per heavy atom. The molecule has 0 radical (unpaired) electrons. The van der Waals surface area contributed by atoms with Crippen molar-refractivity contribution in [2.45, 2.75) is 19.9 Å². The van der Waals surface area contributed by atoms with Crippen molar-refractivity contribution < 1.29 is 0 Å². The number of pyridine rings is 1. The maximum atomic E-state index is 6.04. The van der Waals surface area contributed by atoms with Gasteiger partial charge < -0.3 is 11.5 Å². The van der Waals surface area contributed by atoms with E-state index in [-0.39, 0.29) is 24.8 Å². The molecule has 0 fully saturated rings. The number of hydrogen-bond donors (Lipinski definition) is 2. The molecule has 2 aromatic heterocycles. The molecule has 0 aliphatic carbocycles. The molecule has 5 nitrogen and oxygen atoms in total. The second-order valence-corrected chi connectivity index (χ2v) is 4.54. The minimum absolute atomic E-state index is 0. The van der Waals surface area contributed by atoms with Crippen molar-refractivity contribution in [3.8, 4) is 0 Å². The zero-order valence-electron chi connectivity index (χ0n) is 11.7. The van der Waals surface area contributed by atoms with E-state index in [2.05, 4.69) is 23.1 Å². The van der Waals surface area contributed by atoms with Crippen LogP contribution in [-0.2, 0) is 13.0 Å². The Labute approximate surface area is 135 Å². The number of benzene rings is 1. The highest BCUT2D eigenvalue weighted by Crippen LogP contribution is 2.30. The lowest BCUT2D eigenvalue weighted by Gasteiger charge is -2.05. The summed E-state index contributed by atoms with van der Waals surface area (Å²) in [5.41, 5.74) is 14.6. The van der Waals surface area contributed by atoms with E-state index in [1.807, 2.05) is 22.9 Å². The van der Waals surface area contributed by atoms with Crippen LogP contribution in [0, 0.1) is 0 Å². The Balaban J connectivity index is 0.00000110. The highest BCUT2D eigenvalue weighted by Gasteiger charge is 2.16. The third-order valence-corrected chi connectivity index (χ3v) is 3.40. The molecule has 0 atom stereocenters. The summed E-state index contributed by atoms with van der Waals surface area (Å²) < 4.78 is 1.97. The first-order chi connectivity index (χ1) is 9.26. The van der Waals surface area contributed by atoms with Gasteiger partial charge in [-0.2, -0.15) is 5.10 Å². The average molecular weight is 328 g/mol. The van der Waals surface area contributed by atoms with Gasteiger partial charge >= 0.3 is 0 Å². The molecule has 114 valence electrons. The second-order valence-electron chi connectivity index (χ2n) is 4.54. The van der Waals surface area contributed by atoms with Crippen LogP contribution in [0.1, 0.15) is 12.6 Å². The molecule has 0 aliphatic rings. The third-order valence-electron chi connectivity index (χ3n) is 3.40. The summed E-state index contributed by atoms with van der Waals surface area (Å²) in [5.74, 6) is 0.485. The van der Waals surface area contributed by atoms with Crippen molar-refractivity contribution >= 4 is 52.4 Å².